The zero-order valence-corrected chi connectivity index (χ0v) is 11.9. The molecular formula is C17H14FN3O. The van der Waals surface area contributed by atoms with Gasteiger partial charge in [-0.3, -0.25) is 9.89 Å². The van der Waals surface area contributed by atoms with E-state index in [0.717, 1.165) is 17.0 Å². The summed E-state index contributed by atoms with van der Waals surface area (Å²) in [6.07, 6.45) is 0. The molecule has 3 aromatic rings. The van der Waals surface area contributed by atoms with Crippen LogP contribution < -0.4 is 5.32 Å². The van der Waals surface area contributed by atoms with E-state index >= 15 is 0 Å². The molecule has 0 saturated heterocycles. The Morgan fingerprint density at radius 1 is 1.14 bits per heavy atom. The Bertz CT molecular complexity index is 826. The summed E-state index contributed by atoms with van der Waals surface area (Å²) < 4.78 is 13.2. The van der Waals surface area contributed by atoms with Crippen molar-refractivity contribution in [1.29, 1.82) is 0 Å². The minimum absolute atomic E-state index is 0.279. The maximum atomic E-state index is 13.2. The minimum atomic E-state index is -0.437. The van der Waals surface area contributed by atoms with Gasteiger partial charge >= 0.3 is 0 Å². The number of aromatic nitrogens is 2. The first-order chi connectivity index (χ1) is 10.6. The number of H-pyrrole nitrogens is 1. The first-order valence-electron chi connectivity index (χ1n) is 6.81. The predicted octanol–water partition coefficient (Wildman–Crippen LogP) is 3.78. The summed E-state index contributed by atoms with van der Waals surface area (Å²) in [4.78, 5) is 12.1. The highest BCUT2D eigenvalue weighted by Gasteiger charge is 2.08. The van der Waals surface area contributed by atoms with Crippen LogP contribution in [0.3, 0.4) is 0 Å². The fourth-order valence-corrected chi connectivity index (χ4v) is 2.16. The van der Waals surface area contributed by atoms with Crippen molar-refractivity contribution in [1.82, 2.24) is 10.2 Å². The van der Waals surface area contributed by atoms with E-state index in [2.05, 4.69) is 15.5 Å². The lowest BCUT2D eigenvalue weighted by Crippen LogP contribution is -2.12. The van der Waals surface area contributed by atoms with Gasteiger partial charge in [-0.05, 0) is 43.3 Å². The molecule has 0 radical (unpaired) electrons. The summed E-state index contributed by atoms with van der Waals surface area (Å²) in [5.41, 5.74) is 3.57. The number of halogens is 1. The van der Waals surface area contributed by atoms with E-state index in [4.69, 9.17) is 0 Å². The first kappa shape index (κ1) is 14.0. The molecule has 1 amide bonds. The van der Waals surface area contributed by atoms with Crippen LogP contribution in [0.2, 0.25) is 0 Å². The van der Waals surface area contributed by atoms with Crippen LogP contribution in [0, 0.1) is 12.7 Å². The maximum absolute atomic E-state index is 13.2. The van der Waals surface area contributed by atoms with Crippen LogP contribution in [0.5, 0.6) is 0 Å². The Balaban J connectivity index is 1.82. The quantitative estimate of drug-likeness (QED) is 0.772. The summed E-state index contributed by atoms with van der Waals surface area (Å²) in [6.45, 7) is 1.92. The molecule has 2 N–H and O–H groups in total. The monoisotopic (exact) mass is 295 g/mol. The van der Waals surface area contributed by atoms with Gasteiger partial charge < -0.3 is 5.32 Å². The number of amides is 1. The van der Waals surface area contributed by atoms with Crippen LogP contribution in [0.1, 0.15) is 16.1 Å². The number of aromatic amines is 1. The number of nitrogens with one attached hydrogen (secondary N) is 2. The SMILES string of the molecule is Cc1cc(-c2cccc(NC(=O)c3cccc(F)c3)c2)n[nH]1. The maximum Gasteiger partial charge on any atom is 0.255 e. The van der Waals surface area contributed by atoms with Crippen LogP contribution in [-0.2, 0) is 0 Å². The van der Waals surface area contributed by atoms with Crippen LogP contribution in [0.15, 0.2) is 54.6 Å². The predicted molar refractivity (Wildman–Crippen MR) is 83.1 cm³/mol. The van der Waals surface area contributed by atoms with Crippen molar-refractivity contribution >= 4 is 11.6 Å². The van der Waals surface area contributed by atoms with Gasteiger partial charge in [-0.2, -0.15) is 5.10 Å². The Labute approximate surface area is 127 Å². The highest BCUT2D eigenvalue weighted by molar-refractivity contribution is 6.04. The van der Waals surface area contributed by atoms with Gasteiger partial charge in [0.05, 0.1) is 5.69 Å². The van der Waals surface area contributed by atoms with Crippen molar-refractivity contribution in [3.05, 3.63) is 71.7 Å². The average molecular weight is 295 g/mol. The minimum Gasteiger partial charge on any atom is -0.322 e. The van der Waals surface area contributed by atoms with E-state index in [1.54, 1.807) is 12.1 Å². The van der Waals surface area contributed by atoms with E-state index in [9.17, 15) is 9.18 Å². The van der Waals surface area contributed by atoms with Gasteiger partial charge in [-0.1, -0.05) is 18.2 Å². The van der Waals surface area contributed by atoms with Gasteiger partial charge in [0.25, 0.3) is 5.91 Å². The van der Waals surface area contributed by atoms with Gasteiger partial charge in [0, 0.05) is 22.5 Å². The molecule has 22 heavy (non-hydrogen) atoms. The smallest absolute Gasteiger partial charge is 0.255 e. The molecule has 4 nitrogen and oxygen atoms in total. The summed E-state index contributed by atoms with van der Waals surface area (Å²) in [5.74, 6) is -0.789. The van der Waals surface area contributed by atoms with Crippen molar-refractivity contribution in [2.75, 3.05) is 5.32 Å². The summed E-state index contributed by atoms with van der Waals surface area (Å²) in [6, 6.07) is 14.9. The molecule has 0 bridgehead atoms. The fourth-order valence-electron chi connectivity index (χ4n) is 2.16. The number of benzene rings is 2. The largest absolute Gasteiger partial charge is 0.322 e. The molecule has 2 aromatic carbocycles. The summed E-state index contributed by atoms with van der Waals surface area (Å²) in [7, 11) is 0. The number of carbonyl (C=O) groups is 1. The fraction of sp³-hybridized carbons (Fsp3) is 0.0588. The molecule has 5 heteroatoms. The third-order valence-corrected chi connectivity index (χ3v) is 3.21. The second-order valence-corrected chi connectivity index (χ2v) is 4.98. The number of hydrogen-bond donors (Lipinski definition) is 2. The van der Waals surface area contributed by atoms with E-state index in [-0.39, 0.29) is 11.5 Å². The van der Waals surface area contributed by atoms with Gasteiger partial charge in [0.1, 0.15) is 5.82 Å². The molecule has 0 aliphatic rings. The van der Waals surface area contributed by atoms with Gasteiger partial charge in [-0.25, -0.2) is 4.39 Å². The van der Waals surface area contributed by atoms with Crippen molar-refractivity contribution < 1.29 is 9.18 Å². The summed E-state index contributed by atoms with van der Waals surface area (Å²) >= 11 is 0. The van der Waals surface area contributed by atoms with Gasteiger partial charge in [0.15, 0.2) is 0 Å². The Hall–Kier alpha value is -2.95. The number of carbonyl (C=O) groups excluding carboxylic acids is 1. The Morgan fingerprint density at radius 3 is 2.68 bits per heavy atom. The van der Waals surface area contributed by atoms with Crippen molar-refractivity contribution in [3.8, 4) is 11.3 Å². The highest BCUT2D eigenvalue weighted by atomic mass is 19.1. The zero-order chi connectivity index (χ0) is 15.5. The van der Waals surface area contributed by atoms with Crippen LogP contribution >= 0.6 is 0 Å². The van der Waals surface area contributed by atoms with E-state index in [1.165, 1.54) is 18.2 Å². The Morgan fingerprint density at radius 2 is 1.95 bits per heavy atom. The highest BCUT2D eigenvalue weighted by Crippen LogP contribution is 2.21. The number of hydrogen-bond acceptors (Lipinski definition) is 2. The lowest BCUT2D eigenvalue weighted by Gasteiger charge is -2.06. The van der Waals surface area contributed by atoms with Crippen LogP contribution in [0.4, 0.5) is 10.1 Å². The molecule has 110 valence electrons. The topological polar surface area (TPSA) is 57.8 Å². The molecule has 3 rings (SSSR count). The molecule has 0 spiro atoms. The molecule has 0 aliphatic heterocycles. The van der Waals surface area contributed by atoms with Gasteiger partial charge in [-0.15, -0.1) is 0 Å². The molecule has 1 heterocycles. The normalized spacial score (nSPS) is 10.5. The van der Waals surface area contributed by atoms with Crippen molar-refractivity contribution in [2.24, 2.45) is 0 Å². The van der Waals surface area contributed by atoms with E-state index in [1.807, 2.05) is 31.2 Å². The third-order valence-electron chi connectivity index (χ3n) is 3.21. The number of anilines is 1. The third kappa shape index (κ3) is 3.03. The van der Waals surface area contributed by atoms with Crippen LogP contribution in [0.25, 0.3) is 11.3 Å². The number of rotatable bonds is 3. The lowest BCUT2D eigenvalue weighted by molar-refractivity contribution is 0.102. The first-order valence-corrected chi connectivity index (χ1v) is 6.81. The Kier molecular flexibility index (Phi) is 3.70. The lowest BCUT2D eigenvalue weighted by atomic mass is 10.1. The molecule has 0 aliphatic carbocycles. The van der Waals surface area contributed by atoms with Crippen molar-refractivity contribution in [3.63, 3.8) is 0 Å². The second kappa shape index (κ2) is 5.81. The standard InChI is InChI=1S/C17H14FN3O/c1-11-8-16(21-20-11)12-4-3-7-15(10-12)19-17(22)13-5-2-6-14(18)9-13/h2-10H,1H3,(H,19,22)(H,20,21). The molecule has 0 fully saturated rings. The summed E-state index contributed by atoms with van der Waals surface area (Å²) in [5, 5.41) is 9.83. The zero-order valence-electron chi connectivity index (χ0n) is 11.9. The second-order valence-electron chi connectivity index (χ2n) is 4.98. The molecule has 0 unspecified atom stereocenters. The van der Waals surface area contributed by atoms with Crippen LogP contribution in [-0.4, -0.2) is 16.1 Å². The molecular weight excluding hydrogens is 281 g/mol. The number of nitrogens with zero attached hydrogens (tertiary/aromatic N) is 1. The van der Waals surface area contributed by atoms with E-state index in [0.29, 0.717) is 5.69 Å². The van der Waals surface area contributed by atoms with E-state index < -0.39 is 5.82 Å². The molecule has 0 atom stereocenters. The van der Waals surface area contributed by atoms with Gasteiger partial charge in [0.2, 0.25) is 0 Å². The van der Waals surface area contributed by atoms with Crippen molar-refractivity contribution in [2.45, 2.75) is 6.92 Å². The molecule has 1 aromatic heterocycles. The molecule has 0 saturated carbocycles. The average Bonchev–Trinajstić information content (AvgIpc) is 2.94. The number of aryl methyl sites for hydroxylation is 1.